The maximum atomic E-state index is 13.1. The van der Waals surface area contributed by atoms with Crippen LogP contribution in [0.2, 0.25) is 0 Å². The summed E-state index contributed by atoms with van der Waals surface area (Å²) in [4.78, 5) is 2.56. The largest absolute Gasteiger partial charge is 0.308 e. The molecule has 0 amide bonds. The van der Waals surface area contributed by atoms with E-state index in [2.05, 4.69) is 41.7 Å². The van der Waals surface area contributed by atoms with Crippen molar-refractivity contribution in [2.24, 2.45) is 0 Å². The van der Waals surface area contributed by atoms with E-state index in [1.54, 1.807) is 23.5 Å². The zero-order valence-corrected chi connectivity index (χ0v) is 12.4. The predicted octanol–water partition coefficient (Wildman–Crippen LogP) is 4.84. The third-order valence-corrected chi connectivity index (χ3v) is 4.37. The van der Waals surface area contributed by atoms with E-state index in [1.165, 1.54) is 21.4 Å². The first-order valence-electron chi connectivity index (χ1n) is 6.90. The molecule has 0 saturated heterocycles. The monoisotopic (exact) mass is 297 g/mol. The van der Waals surface area contributed by atoms with E-state index in [1.807, 2.05) is 12.1 Å². The van der Waals surface area contributed by atoms with Gasteiger partial charge in [-0.15, -0.1) is 11.3 Å². The van der Waals surface area contributed by atoms with E-state index < -0.39 is 0 Å². The Labute approximate surface area is 128 Å². The fourth-order valence-corrected chi connectivity index (χ4v) is 3.19. The van der Waals surface area contributed by atoms with Gasteiger partial charge in [0.25, 0.3) is 0 Å². The maximum absolute atomic E-state index is 13.1. The van der Waals surface area contributed by atoms with Crippen LogP contribution in [0.3, 0.4) is 0 Å². The first-order valence-corrected chi connectivity index (χ1v) is 7.72. The topological polar surface area (TPSA) is 12.0 Å². The molecule has 0 bridgehead atoms. The molecular weight excluding hydrogens is 281 g/mol. The molecule has 21 heavy (non-hydrogen) atoms. The normalized spacial score (nSPS) is 10.7. The lowest BCUT2D eigenvalue weighted by atomic mass is 10.2. The summed E-state index contributed by atoms with van der Waals surface area (Å²) in [6.07, 6.45) is 0. The van der Waals surface area contributed by atoms with E-state index in [0.29, 0.717) is 6.54 Å². The SMILES string of the molecule is Fc1cccc(CNCc2ccc(-c3ccccc3)s2)c1. The molecule has 0 radical (unpaired) electrons. The number of hydrogen-bond donors (Lipinski definition) is 1. The summed E-state index contributed by atoms with van der Waals surface area (Å²) in [6.45, 7) is 1.48. The maximum Gasteiger partial charge on any atom is 0.123 e. The number of rotatable bonds is 5. The Kier molecular flexibility index (Phi) is 4.43. The number of halogens is 1. The van der Waals surface area contributed by atoms with Gasteiger partial charge in [0.15, 0.2) is 0 Å². The molecule has 3 heteroatoms. The molecule has 106 valence electrons. The van der Waals surface area contributed by atoms with Gasteiger partial charge in [-0.2, -0.15) is 0 Å². The smallest absolute Gasteiger partial charge is 0.123 e. The number of nitrogens with one attached hydrogen (secondary N) is 1. The highest BCUT2D eigenvalue weighted by molar-refractivity contribution is 7.15. The summed E-state index contributed by atoms with van der Waals surface area (Å²) in [5.74, 6) is -0.184. The third-order valence-electron chi connectivity index (χ3n) is 3.24. The van der Waals surface area contributed by atoms with Gasteiger partial charge in [-0.3, -0.25) is 0 Å². The molecule has 1 N–H and O–H groups in total. The summed E-state index contributed by atoms with van der Waals surface area (Å²) in [6, 6.07) is 21.4. The minimum Gasteiger partial charge on any atom is -0.308 e. The molecular formula is C18H16FNS. The van der Waals surface area contributed by atoms with E-state index in [-0.39, 0.29) is 5.82 Å². The standard InChI is InChI=1S/C18H16FNS/c19-16-8-4-5-14(11-16)12-20-13-17-9-10-18(21-17)15-6-2-1-3-7-15/h1-11,20H,12-13H2. The van der Waals surface area contributed by atoms with Crippen LogP contribution in [0.15, 0.2) is 66.7 Å². The van der Waals surface area contributed by atoms with E-state index in [9.17, 15) is 4.39 Å². The van der Waals surface area contributed by atoms with Gasteiger partial charge in [-0.05, 0) is 35.4 Å². The van der Waals surface area contributed by atoms with Crippen LogP contribution in [0.25, 0.3) is 10.4 Å². The zero-order chi connectivity index (χ0) is 14.5. The van der Waals surface area contributed by atoms with Crippen molar-refractivity contribution in [1.82, 2.24) is 5.32 Å². The second-order valence-electron chi connectivity index (χ2n) is 4.87. The molecule has 1 aromatic heterocycles. The summed E-state index contributed by atoms with van der Waals surface area (Å²) in [5, 5.41) is 3.35. The van der Waals surface area contributed by atoms with Gasteiger partial charge in [0, 0.05) is 22.8 Å². The summed E-state index contributed by atoms with van der Waals surface area (Å²) >= 11 is 1.79. The Hall–Kier alpha value is -1.97. The molecule has 0 unspecified atom stereocenters. The van der Waals surface area contributed by atoms with Crippen molar-refractivity contribution < 1.29 is 4.39 Å². The third kappa shape index (κ3) is 3.78. The predicted molar refractivity (Wildman–Crippen MR) is 86.7 cm³/mol. The Morgan fingerprint density at radius 1 is 0.857 bits per heavy atom. The average Bonchev–Trinajstić information content (AvgIpc) is 2.97. The van der Waals surface area contributed by atoms with Crippen LogP contribution in [0, 0.1) is 5.82 Å². The van der Waals surface area contributed by atoms with Gasteiger partial charge in [-0.1, -0.05) is 42.5 Å². The molecule has 3 rings (SSSR count). The lowest BCUT2D eigenvalue weighted by Gasteiger charge is -2.03. The molecule has 1 heterocycles. The van der Waals surface area contributed by atoms with Crippen molar-refractivity contribution in [1.29, 1.82) is 0 Å². The van der Waals surface area contributed by atoms with Gasteiger partial charge in [0.05, 0.1) is 0 Å². The fraction of sp³-hybridized carbons (Fsp3) is 0.111. The highest BCUT2D eigenvalue weighted by Crippen LogP contribution is 2.27. The summed E-state index contributed by atoms with van der Waals surface area (Å²) < 4.78 is 13.1. The Bertz CT molecular complexity index is 706. The van der Waals surface area contributed by atoms with Crippen LogP contribution < -0.4 is 5.32 Å². The number of thiophene rings is 1. The number of benzene rings is 2. The van der Waals surface area contributed by atoms with E-state index in [0.717, 1.165) is 12.1 Å². The van der Waals surface area contributed by atoms with Gasteiger partial charge >= 0.3 is 0 Å². The summed E-state index contributed by atoms with van der Waals surface area (Å²) in [7, 11) is 0. The number of hydrogen-bond acceptors (Lipinski definition) is 2. The molecule has 2 aromatic carbocycles. The van der Waals surface area contributed by atoms with Crippen molar-refractivity contribution in [2.45, 2.75) is 13.1 Å². The lowest BCUT2D eigenvalue weighted by Crippen LogP contribution is -2.11. The lowest BCUT2D eigenvalue weighted by molar-refractivity contribution is 0.620. The van der Waals surface area contributed by atoms with Crippen molar-refractivity contribution in [3.05, 3.63) is 83.0 Å². The Balaban J connectivity index is 1.58. The molecule has 1 nitrogen and oxygen atoms in total. The van der Waals surface area contributed by atoms with Gasteiger partial charge in [0.2, 0.25) is 0 Å². The van der Waals surface area contributed by atoms with Crippen LogP contribution in [0.5, 0.6) is 0 Å². The molecule has 0 spiro atoms. The average molecular weight is 297 g/mol. The fourth-order valence-electron chi connectivity index (χ4n) is 2.21. The van der Waals surface area contributed by atoms with Crippen LogP contribution >= 0.6 is 11.3 Å². The van der Waals surface area contributed by atoms with Gasteiger partial charge in [-0.25, -0.2) is 4.39 Å². The molecule has 0 aliphatic carbocycles. The first-order chi connectivity index (χ1) is 10.3. The van der Waals surface area contributed by atoms with Crippen molar-refractivity contribution >= 4 is 11.3 Å². The minimum absolute atomic E-state index is 0.184. The van der Waals surface area contributed by atoms with E-state index in [4.69, 9.17) is 0 Å². The van der Waals surface area contributed by atoms with E-state index >= 15 is 0 Å². The Morgan fingerprint density at radius 2 is 1.71 bits per heavy atom. The van der Waals surface area contributed by atoms with Crippen molar-refractivity contribution in [3.8, 4) is 10.4 Å². The van der Waals surface area contributed by atoms with Gasteiger partial charge < -0.3 is 5.32 Å². The molecule has 0 aliphatic rings. The highest BCUT2D eigenvalue weighted by Gasteiger charge is 2.02. The minimum atomic E-state index is -0.184. The first kappa shape index (κ1) is 14.0. The molecule has 0 aliphatic heterocycles. The Morgan fingerprint density at radius 3 is 2.52 bits per heavy atom. The zero-order valence-electron chi connectivity index (χ0n) is 11.6. The molecule has 0 atom stereocenters. The van der Waals surface area contributed by atoms with Crippen LogP contribution in [-0.4, -0.2) is 0 Å². The van der Waals surface area contributed by atoms with Crippen LogP contribution in [0.1, 0.15) is 10.4 Å². The molecule has 3 aromatic rings. The molecule has 0 saturated carbocycles. The second kappa shape index (κ2) is 6.66. The quantitative estimate of drug-likeness (QED) is 0.710. The van der Waals surface area contributed by atoms with Crippen LogP contribution in [-0.2, 0) is 13.1 Å². The molecule has 0 fully saturated rings. The van der Waals surface area contributed by atoms with Gasteiger partial charge in [0.1, 0.15) is 5.82 Å². The second-order valence-corrected chi connectivity index (χ2v) is 6.03. The highest BCUT2D eigenvalue weighted by atomic mass is 32.1. The van der Waals surface area contributed by atoms with Crippen LogP contribution in [0.4, 0.5) is 4.39 Å². The van der Waals surface area contributed by atoms with Crippen molar-refractivity contribution in [3.63, 3.8) is 0 Å². The van der Waals surface area contributed by atoms with Crippen molar-refractivity contribution in [2.75, 3.05) is 0 Å². The summed E-state index contributed by atoms with van der Waals surface area (Å²) in [5.41, 5.74) is 2.22.